The number of fused-ring (bicyclic) bond motifs is 1. The average molecular weight is 458 g/mol. The van der Waals surface area contributed by atoms with Crippen LogP contribution < -0.4 is 20.6 Å². The third-order valence-corrected chi connectivity index (χ3v) is 5.63. The Balaban J connectivity index is 1.82. The molecule has 9 nitrogen and oxygen atoms in total. The molecule has 0 amide bonds. The normalized spacial score (nSPS) is 11.3. The number of pyridine rings is 2. The zero-order valence-corrected chi connectivity index (χ0v) is 18.5. The van der Waals surface area contributed by atoms with E-state index in [0.29, 0.717) is 39.5 Å². The van der Waals surface area contributed by atoms with Crippen molar-refractivity contribution in [1.29, 1.82) is 0 Å². The van der Waals surface area contributed by atoms with E-state index in [9.17, 15) is 14.4 Å². The summed E-state index contributed by atoms with van der Waals surface area (Å²) in [7, 11) is 0. The summed E-state index contributed by atoms with van der Waals surface area (Å²) in [5, 5.41) is 15.4. The summed E-state index contributed by atoms with van der Waals surface area (Å²) in [6.07, 6.45) is 1.10. The molecule has 5 aromatic rings. The van der Waals surface area contributed by atoms with E-state index in [1.54, 1.807) is 26.0 Å². The zero-order valence-electron chi connectivity index (χ0n) is 18.5. The highest BCUT2D eigenvalue weighted by atomic mass is 19.1. The van der Waals surface area contributed by atoms with Crippen LogP contribution in [-0.2, 0) is 6.54 Å². The number of aryl methyl sites for hydroxylation is 2. The quantitative estimate of drug-likeness (QED) is 0.316. The monoisotopic (exact) mass is 458 g/mol. The van der Waals surface area contributed by atoms with E-state index in [1.807, 2.05) is 30.3 Å². The van der Waals surface area contributed by atoms with Crippen LogP contribution in [0.2, 0.25) is 0 Å². The molecular formula is C24H21FN7O2+. The van der Waals surface area contributed by atoms with Crippen molar-refractivity contribution in [3.05, 3.63) is 99.4 Å². The van der Waals surface area contributed by atoms with Gasteiger partial charge in [-0.25, -0.2) is 14.3 Å². The summed E-state index contributed by atoms with van der Waals surface area (Å²) in [5.41, 5.74) is 10.4. The van der Waals surface area contributed by atoms with Gasteiger partial charge in [0.25, 0.3) is 0 Å². The van der Waals surface area contributed by atoms with Gasteiger partial charge >= 0.3 is 11.6 Å². The van der Waals surface area contributed by atoms with E-state index in [0.717, 1.165) is 16.5 Å². The number of hydrogen-bond acceptors (Lipinski definition) is 5. The largest absolute Gasteiger partial charge is 0.618 e. The molecule has 1 aromatic carbocycles. The van der Waals surface area contributed by atoms with Gasteiger partial charge in [-0.15, -0.1) is 9.38 Å². The smallest absolute Gasteiger partial charge is 0.428 e. The first-order chi connectivity index (χ1) is 16.3. The van der Waals surface area contributed by atoms with Crippen LogP contribution in [0.25, 0.3) is 28.0 Å². The van der Waals surface area contributed by atoms with Crippen molar-refractivity contribution < 1.29 is 13.5 Å². The average Bonchev–Trinajstić information content (AvgIpc) is 3.15. The van der Waals surface area contributed by atoms with Gasteiger partial charge in [-0.3, -0.25) is 4.98 Å². The van der Waals surface area contributed by atoms with Crippen molar-refractivity contribution in [2.24, 2.45) is 0 Å². The van der Waals surface area contributed by atoms with Gasteiger partial charge in [0, 0.05) is 37.1 Å². The van der Waals surface area contributed by atoms with E-state index < -0.39 is 11.5 Å². The lowest BCUT2D eigenvalue weighted by atomic mass is 9.99. The van der Waals surface area contributed by atoms with Gasteiger partial charge in [0.1, 0.15) is 18.1 Å². The Bertz CT molecular complexity index is 1570. The summed E-state index contributed by atoms with van der Waals surface area (Å²) >= 11 is 0. The lowest BCUT2D eigenvalue weighted by molar-refractivity contribution is -0.619. The first-order valence-electron chi connectivity index (χ1n) is 10.5. The Morgan fingerprint density at radius 3 is 2.44 bits per heavy atom. The SMILES string of the molecule is Cc1cc(-c2c(-c3ccccc3)nc(N)[n+]3c(=O)n(Cc4ccc(F)cn4)[nH]c23)cc(C)[n+]1[O-]. The molecule has 0 saturated heterocycles. The molecule has 4 heterocycles. The maximum Gasteiger partial charge on any atom is 0.428 e. The molecule has 0 radical (unpaired) electrons. The number of benzene rings is 1. The molecule has 3 N–H and O–H groups in total. The summed E-state index contributed by atoms with van der Waals surface area (Å²) < 4.78 is 16.7. The summed E-state index contributed by atoms with van der Waals surface area (Å²) in [5.74, 6) is -0.455. The van der Waals surface area contributed by atoms with Crippen LogP contribution in [0.15, 0.2) is 65.6 Å². The standard InChI is InChI=1S/C24H20FN7O2/c1-14-10-17(11-15(2)32(14)34)20-21(16-6-4-3-5-7-16)28-23(26)31-22(20)29-30(24(31)33)13-19-9-8-18(25)12-27-19/h3-12H,13H2,1-2H3,(H2,26,28,29)/p+1. The molecule has 5 rings (SSSR count). The van der Waals surface area contributed by atoms with Gasteiger partial charge in [0.15, 0.2) is 11.4 Å². The van der Waals surface area contributed by atoms with Crippen molar-refractivity contribution in [3.63, 3.8) is 0 Å². The van der Waals surface area contributed by atoms with Gasteiger partial charge < -0.3 is 10.9 Å². The second-order valence-electron chi connectivity index (χ2n) is 8.01. The molecular weight excluding hydrogens is 437 g/mol. The Morgan fingerprint density at radius 1 is 1.09 bits per heavy atom. The lowest BCUT2D eigenvalue weighted by Gasteiger charge is -2.11. The van der Waals surface area contributed by atoms with Crippen molar-refractivity contribution in [3.8, 4) is 22.4 Å². The molecule has 0 spiro atoms. The molecule has 170 valence electrons. The molecule has 34 heavy (non-hydrogen) atoms. The second kappa shape index (κ2) is 8.07. The molecule has 4 aromatic heterocycles. The number of rotatable bonds is 4. The fraction of sp³-hybridized carbons (Fsp3) is 0.125. The van der Waals surface area contributed by atoms with Gasteiger partial charge in [-0.1, -0.05) is 30.3 Å². The molecule has 0 bridgehead atoms. The number of aromatic amines is 1. The minimum Gasteiger partial charge on any atom is -0.618 e. The van der Waals surface area contributed by atoms with Gasteiger partial charge in [0.05, 0.1) is 17.5 Å². The van der Waals surface area contributed by atoms with Crippen molar-refractivity contribution in [2.45, 2.75) is 20.4 Å². The first-order valence-corrected chi connectivity index (χ1v) is 10.5. The van der Waals surface area contributed by atoms with Crippen LogP contribution in [0, 0.1) is 24.9 Å². The molecule has 0 saturated carbocycles. The second-order valence-corrected chi connectivity index (χ2v) is 8.01. The Hall–Kier alpha value is -4.60. The van der Waals surface area contributed by atoms with Gasteiger partial charge in [0.2, 0.25) is 5.65 Å². The van der Waals surface area contributed by atoms with E-state index in [1.165, 1.54) is 21.2 Å². The van der Waals surface area contributed by atoms with Gasteiger partial charge in [-0.2, -0.15) is 9.41 Å². The van der Waals surface area contributed by atoms with E-state index in [-0.39, 0.29) is 12.5 Å². The maximum atomic E-state index is 13.3. The van der Waals surface area contributed by atoms with E-state index in [4.69, 9.17) is 5.73 Å². The molecule has 0 aliphatic rings. The van der Waals surface area contributed by atoms with E-state index >= 15 is 0 Å². The predicted molar refractivity (Wildman–Crippen MR) is 123 cm³/mol. The molecule has 0 aliphatic carbocycles. The van der Waals surface area contributed by atoms with Crippen LogP contribution in [0.5, 0.6) is 0 Å². The van der Waals surface area contributed by atoms with Crippen molar-refractivity contribution in [1.82, 2.24) is 19.7 Å². The highest BCUT2D eigenvalue weighted by Gasteiger charge is 2.27. The summed E-state index contributed by atoms with van der Waals surface area (Å²) in [6.45, 7) is 3.51. The Kier molecular flexibility index (Phi) is 5.05. The highest BCUT2D eigenvalue weighted by molar-refractivity contribution is 5.88. The fourth-order valence-electron chi connectivity index (χ4n) is 4.03. The Labute approximate surface area is 193 Å². The predicted octanol–water partition coefficient (Wildman–Crippen LogP) is 2.06. The molecule has 0 atom stereocenters. The number of nitrogens with two attached hydrogens (primary N) is 1. The third kappa shape index (κ3) is 3.54. The number of hydrogen-bond donors (Lipinski definition) is 2. The molecule has 0 fully saturated rings. The number of H-pyrrole nitrogens is 1. The minimum absolute atomic E-state index is 0.00734. The zero-order chi connectivity index (χ0) is 24.0. The lowest BCUT2D eigenvalue weighted by Crippen LogP contribution is -2.44. The topological polar surface area (TPSA) is 121 Å². The summed E-state index contributed by atoms with van der Waals surface area (Å²) in [6, 6.07) is 15.7. The highest BCUT2D eigenvalue weighted by Crippen LogP contribution is 2.33. The van der Waals surface area contributed by atoms with Crippen LogP contribution in [0.1, 0.15) is 17.1 Å². The van der Waals surface area contributed by atoms with E-state index in [2.05, 4.69) is 15.1 Å². The van der Waals surface area contributed by atoms with Crippen molar-refractivity contribution >= 4 is 11.6 Å². The van der Waals surface area contributed by atoms with Crippen LogP contribution >= 0.6 is 0 Å². The number of halogens is 1. The summed E-state index contributed by atoms with van der Waals surface area (Å²) in [4.78, 5) is 21.9. The van der Waals surface area contributed by atoms with Crippen LogP contribution in [-0.4, -0.2) is 19.7 Å². The number of nitrogens with one attached hydrogen (secondary N) is 1. The number of nitrogen functional groups attached to an aromatic ring is 1. The van der Waals surface area contributed by atoms with Crippen molar-refractivity contribution in [2.75, 3.05) is 5.73 Å². The number of nitrogens with zero attached hydrogens (tertiary/aromatic N) is 5. The molecule has 0 unspecified atom stereocenters. The molecule has 10 heteroatoms. The fourth-order valence-corrected chi connectivity index (χ4v) is 4.03. The third-order valence-electron chi connectivity index (χ3n) is 5.63. The minimum atomic E-state index is -0.462. The Morgan fingerprint density at radius 2 is 1.79 bits per heavy atom. The van der Waals surface area contributed by atoms with Crippen LogP contribution in [0.4, 0.5) is 10.3 Å². The maximum absolute atomic E-state index is 13.3. The number of anilines is 1. The molecule has 0 aliphatic heterocycles. The first kappa shape index (κ1) is 21.3. The van der Waals surface area contributed by atoms with Gasteiger partial charge in [-0.05, 0) is 12.1 Å². The number of aromatic nitrogens is 6. The van der Waals surface area contributed by atoms with Crippen LogP contribution in [0.3, 0.4) is 0 Å².